The van der Waals surface area contributed by atoms with Crippen molar-refractivity contribution in [3.05, 3.63) is 18.0 Å². The van der Waals surface area contributed by atoms with Crippen LogP contribution in [0.15, 0.2) is 12.4 Å². The lowest BCUT2D eigenvalue weighted by molar-refractivity contribution is 0.0442. The largest absolute Gasteiger partial charge is 0.298 e. The first-order chi connectivity index (χ1) is 10.3. The van der Waals surface area contributed by atoms with E-state index >= 15 is 0 Å². The van der Waals surface area contributed by atoms with Gasteiger partial charge in [-0.15, -0.1) is 0 Å². The number of aryl methyl sites for hydroxylation is 1. The van der Waals surface area contributed by atoms with Gasteiger partial charge in [0.15, 0.2) is 0 Å². The van der Waals surface area contributed by atoms with Crippen LogP contribution in [-0.2, 0) is 13.1 Å². The van der Waals surface area contributed by atoms with Gasteiger partial charge in [0.2, 0.25) is 0 Å². The highest BCUT2D eigenvalue weighted by molar-refractivity contribution is 7.98. The summed E-state index contributed by atoms with van der Waals surface area (Å²) in [7, 11) is 0. The fourth-order valence-corrected chi connectivity index (χ4v) is 4.27. The monoisotopic (exact) mass is 308 g/mol. The fourth-order valence-electron chi connectivity index (χ4n) is 3.77. The van der Waals surface area contributed by atoms with Gasteiger partial charge in [0.1, 0.15) is 0 Å². The Hall–Kier alpha value is -0.520. The number of hydrogen-bond donors (Lipinski definition) is 0. The number of hydrogen-bond acceptors (Lipinski definition) is 4. The molecule has 1 aromatic rings. The maximum atomic E-state index is 4.43. The number of rotatable bonds is 6. The zero-order chi connectivity index (χ0) is 14.7. The van der Waals surface area contributed by atoms with Gasteiger partial charge in [0.25, 0.3) is 0 Å². The van der Waals surface area contributed by atoms with Crippen LogP contribution in [0.5, 0.6) is 0 Å². The van der Waals surface area contributed by atoms with E-state index in [1.54, 1.807) is 0 Å². The molecule has 118 valence electrons. The van der Waals surface area contributed by atoms with Crippen LogP contribution in [0.4, 0.5) is 0 Å². The van der Waals surface area contributed by atoms with Crippen molar-refractivity contribution in [1.29, 1.82) is 0 Å². The molecule has 3 rings (SSSR count). The minimum Gasteiger partial charge on any atom is -0.298 e. The summed E-state index contributed by atoms with van der Waals surface area (Å²) in [5.74, 6) is 1.27. The van der Waals surface area contributed by atoms with E-state index < -0.39 is 0 Å². The van der Waals surface area contributed by atoms with E-state index in [4.69, 9.17) is 0 Å². The smallest absolute Gasteiger partial charge is 0.0534 e. The molecule has 1 aromatic heterocycles. The molecule has 0 spiro atoms. The zero-order valence-electron chi connectivity index (χ0n) is 13.4. The van der Waals surface area contributed by atoms with E-state index in [9.17, 15) is 0 Å². The van der Waals surface area contributed by atoms with Crippen molar-refractivity contribution in [3.63, 3.8) is 0 Å². The average molecular weight is 308 g/mol. The van der Waals surface area contributed by atoms with Crippen LogP contribution < -0.4 is 0 Å². The first-order valence-electron chi connectivity index (χ1n) is 8.28. The minimum atomic E-state index is 0.719. The molecule has 2 fully saturated rings. The summed E-state index contributed by atoms with van der Waals surface area (Å²) in [6.45, 7) is 8.02. The molecule has 2 atom stereocenters. The standard InChI is InChI=1S/C16H28N4S/c1-3-20-11-14(9-17-20)10-19-13-15-5-4-7-18(15)12-16(19)6-8-21-2/h9,11,15-16H,3-8,10,12-13H2,1-2H3/t15-,16+/m0/s1. The molecule has 0 aliphatic carbocycles. The van der Waals surface area contributed by atoms with Crippen LogP contribution in [-0.4, -0.2) is 63.3 Å². The maximum Gasteiger partial charge on any atom is 0.0534 e. The molecule has 0 N–H and O–H groups in total. The highest BCUT2D eigenvalue weighted by atomic mass is 32.2. The predicted octanol–water partition coefficient (Wildman–Crippen LogP) is 2.30. The van der Waals surface area contributed by atoms with Gasteiger partial charge in [0.05, 0.1) is 6.20 Å². The quantitative estimate of drug-likeness (QED) is 0.805. The van der Waals surface area contributed by atoms with Crippen LogP contribution >= 0.6 is 11.8 Å². The molecular formula is C16H28N4S. The van der Waals surface area contributed by atoms with E-state index in [1.165, 1.54) is 50.2 Å². The SMILES string of the molecule is CCn1cc(CN2C[C@@H]3CCCN3C[C@H]2CCSC)cn1. The summed E-state index contributed by atoms with van der Waals surface area (Å²) in [4.78, 5) is 5.46. The van der Waals surface area contributed by atoms with Crippen LogP contribution in [0.2, 0.25) is 0 Å². The third kappa shape index (κ3) is 3.63. The molecule has 0 unspecified atom stereocenters. The number of aromatic nitrogens is 2. The molecule has 4 nitrogen and oxygen atoms in total. The van der Waals surface area contributed by atoms with Gasteiger partial charge in [-0.3, -0.25) is 14.5 Å². The summed E-state index contributed by atoms with van der Waals surface area (Å²) in [6, 6.07) is 1.52. The molecule has 0 radical (unpaired) electrons. The molecule has 2 saturated heterocycles. The average Bonchev–Trinajstić information content (AvgIpc) is 3.13. The third-order valence-electron chi connectivity index (χ3n) is 4.96. The molecule has 2 aliphatic heterocycles. The lowest BCUT2D eigenvalue weighted by atomic mass is 10.0. The Balaban J connectivity index is 1.66. The second-order valence-corrected chi connectivity index (χ2v) is 7.35. The molecule has 3 heterocycles. The van der Waals surface area contributed by atoms with Crippen molar-refractivity contribution in [2.45, 2.75) is 51.4 Å². The van der Waals surface area contributed by atoms with Crippen LogP contribution in [0, 0.1) is 0 Å². The van der Waals surface area contributed by atoms with Crippen molar-refractivity contribution in [2.24, 2.45) is 0 Å². The van der Waals surface area contributed by atoms with E-state index in [0.29, 0.717) is 0 Å². The molecule has 21 heavy (non-hydrogen) atoms. The van der Waals surface area contributed by atoms with E-state index in [1.807, 2.05) is 16.4 Å². The Morgan fingerprint density at radius 2 is 2.29 bits per heavy atom. The highest BCUT2D eigenvalue weighted by Gasteiger charge is 2.35. The first kappa shape index (κ1) is 15.4. The van der Waals surface area contributed by atoms with Crippen LogP contribution in [0.1, 0.15) is 31.7 Å². The Bertz CT molecular complexity index is 447. The number of thioether (sulfide) groups is 1. The maximum absolute atomic E-state index is 4.43. The van der Waals surface area contributed by atoms with E-state index in [2.05, 4.69) is 40.5 Å². The van der Waals surface area contributed by atoms with Crippen LogP contribution in [0.25, 0.3) is 0 Å². The highest BCUT2D eigenvalue weighted by Crippen LogP contribution is 2.27. The van der Waals surface area contributed by atoms with Crippen molar-refractivity contribution in [3.8, 4) is 0 Å². The summed E-state index contributed by atoms with van der Waals surface area (Å²) in [5, 5.41) is 4.43. The summed E-state index contributed by atoms with van der Waals surface area (Å²) < 4.78 is 2.04. The second-order valence-electron chi connectivity index (χ2n) is 6.36. The van der Waals surface area contributed by atoms with Gasteiger partial charge in [0, 0.05) is 50.0 Å². The van der Waals surface area contributed by atoms with Crippen LogP contribution in [0.3, 0.4) is 0 Å². The Morgan fingerprint density at radius 1 is 1.38 bits per heavy atom. The fraction of sp³-hybridized carbons (Fsp3) is 0.812. The number of piperazine rings is 1. The lowest BCUT2D eigenvalue weighted by Crippen LogP contribution is -2.55. The summed E-state index contributed by atoms with van der Waals surface area (Å²) in [6.07, 6.45) is 10.6. The molecule has 5 heteroatoms. The number of fused-ring (bicyclic) bond motifs is 1. The topological polar surface area (TPSA) is 24.3 Å². The molecule has 0 aromatic carbocycles. The van der Waals surface area contributed by atoms with E-state index in [0.717, 1.165) is 25.2 Å². The van der Waals surface area contributed by atoms with Gasteiger partial charge in [-0.2, -0.15) is 16.9 Å². The summed E-state index contributed by atoms with van der Waals surface area (Å²) >= 11 is 1.97. The van der Waals surface area contributed by atoms with Crippen molar-refractivity contribution in [1.82, 2.24) is 19.6 Å². The number of nitrogens with zero attached hydrogens (tertiary/aromatic N) is 4. The second kappa shape index (κ2) is 7.16. The molecular weight excluding hydrogens is 280 g/mol. The van der Waals surface area contributed by atoms with Gasteiger partial charge >= 0.3 is 0 Å². The molecule has 0 saturated carbocycles. The molecule has 0 amide bonds. The van der Waals surface area contributed by atoms with Crippen molar-refractivity contribution in [2.75, 3.05) is 31.6 Å². The third-order valence-corrected chi connectivity index (χ3v) is 5.60. The van der Waals surface area contributed by atoms with Gasteiger partial charge < -0.3 is 0 Å². The Morgan fingerprint density at radius 3 is 3.05 bits per heavy atom. The van der Waals surface area contributed by atoms with E-state index in [-0.39, 0.29) is 0 Å². The van der Waals surface area contributed by atoms with Crippen molar-refractivity contribution < 1.29 is 0 Å². The predicted molar refractivity (Wildman–Crippen MR) is 89.7 cm³/mol. The normalized spacial score (nSPS) is 27.1. The zero-order valence-corrected chi connectivity index (χ0v) is 14.2. The molecule has 0 bridgehead atoms. The Kier molecular flexibility index (Phi) is 5.24. The molecule has 2 aliphatic rings. The van der Waals surface area contributed by atoms with Gasteiger partial charge in [-0.05, 0) is 44.7 Å². The summed E-state index contributed by atoms with van der Waals surface area (Å²) in [5.41, 5.74) is 1.37. The minimum absolute atomic E-state index is 0.719. The van der Waals surface area contributed by atoms with Gasteiger partial charge in [-0.25, -0.2) is 0 Å². The Labute approximate surface area is 132 Å². The van der Waals surface area contributed by atoms with Gasteiger partial charge in [-0.1, -0.05) is 0 Å². The van der Waals surface area contributed by atoms with Crippen molar-refractivity contribution >= 4 is 11.8 Å². The first-order valence-corrected chi connectivity index (χ1v) is 9.68. The lowest BCUT2D eigenvalue weighted by Gasteiger charge is -2.43.